The van der Waals surface area contributed by atoms with Gasteiger partial charge in [0, 0.05) is 0 Å². The maximum absolute atomic E-state index is 12.4. The smallest absolute Gasteiger partial charge is 0.338 e. The Morgan fingerprint density at radius 3 is 2.36 bits per heavy atom. The van der Waals surface area contributed by atoms with Crippen LogP contribution in [-0.2, 0) is 25.6 Å². The number of benzene rings is 2. The predicted octanol–water partition coefficient (Wildman–Crippen LogP) is 2.94. The third-order valence-corrected chi connectivity index (χ3v) is 4.47. The maximum atomic E-state index is 12.4. The Balaban J connectivity index is 1.45. The average Bonchev–Trinajstić information content (AvgIpc) is 3.45. The lowest BCUT2D eigenvalue weighted by Crippen LogP contribution is -2.47. The molecule has 5 nitrogen and oxygen atoms in total. The van der Waals surface area contributed by atoms with E-state index in [4.69, 9.17) is 18.9 Å². The fourth-order valence-corrected chi connectivity index (χ4v) is 3.07. The summed E-state index contributed by atoms with van der Waals surface area (Å²) in [5, 5.41) is 0. The van der Waals surface area contributed by atoms with Gasteiger partial charge in [0.2, 0.25) is 0 Å². The van der Waals surface area contributed by atoms with Gasteiger partial charge >= 0.3 is 5.97 Å². The molecule has 2 aromatic rings. The lowest BCUT2D eigenvalue weighted by molar-refractivity contribution is -0.231. The molecule has 0 N–H and O–H groups in total. The van der Waals surface area contributed by atoms with Gasteiger partial charge in [-0.3, -0.25) is 0 Å². The Morgan fingerprint density at radius 2 is 1.64 bits per heavy atom. The van der Waals surface area contributed by atoms with Gasteiger partial charge in [-0.1, -0.05) is 48.5 Å². The Bertz CT molecular complexity index is 717. The molecule has 4 rings (SSSR count). The molecule has 130 valence electrons. The molecule has 0 unspecified atom stereocenters. The second-order valence-electron chi connectivity index (χ2n) is 6.31. The zero-order valence-electron chi connectivity index (χ0n) is 13.9. The number of hydrogen-bond donors (Lipinski definition) is 0. The Labute approximate surface area is 146 Å². The summed E-state index contributed by atoms with van der Waals surface area (Å²) in [7, 11) is 0. The van der Waals surface area contributed by atoms with Gasteiger partial charge in [-0.25, -0.2) is 4.79 Å². The average molecular weight is 340 g/mol. The van der Waals surface area contributed by atoms with Crippen LogP contribution in [0.4, 0.5) is 0 Å². The molecule has 0 spiro atoms. The van der Waals surface area contributed by atoms with Crippen molar-refractivity contribution in [2.75, 3.05) is 0 Å². The number of fused-ring (bicyclic) bond motifs is 1. The van der Waals surface area contributed by atoms with E-state index in [1.54, 1.807) is 24.3 Å². The molecule has 0 aliphatic carbocycles. The van der Waals surface area contributed by atoms with Gasteiger partial charge in [0.05, 0.1) is 18.3 Å². The first-order valence-corrected chi connectivity index (χ1v) is 8.45. The molecule has 2 aliphatic rings. The van der Waals surface area contributed by atoms with Crippen LogP contribution in [0.15, 0.2) is 60.7 Å². The van der Waals surface area contributed by atoms with E-state index in [-0.39, 0.29) is 18.3 Å². The number of carbonyl (C=O) groups is 1. The zero-order valence-corrected chi connectivity index (χ0v) is 13.9. The molecule has 0 bridgehead atoms. The SMILES string of the molecule is C[C@H]1O[C@H](OCc2ccccc2)[C@@H](OC(=O)c2ccccc2)[C@H]2O[C@H]21. The topological polar surface area (TPSA) is 57.3 Å². The van der Waals surface area contributed by atoms with E-state index in [9.17, 15) is 4.79 Å². The highest BCUT2D eigenvalue weighted by Crippen LogP contribution is 2.39. The van der Waals surface area contributed by atoms with Crippen LogP contribution in [-0.4, -0.2) is 36.7 Å². The number of hydrogen-bond acceptors (Lipinski definition) is 5. The quantitative estimate of drug-likeness (QED) is 0.619. The molecular formula is C20H20O5. The first-order valence-electron chi connectivity index (χ1n) is 8.45. The maximum Gasteiger partial charge on any atom is 0.338 e. The van der Waals surface area contributed by atoms with Crippen LogP contribution >= 0.6 is 0 Å². The van der Waals surface area contributed by atoms with Crippen molar-refractivity contribution in [2.45, 2.75) is 44.2 Å². The van der Waals surface area contributed by atoms with E-state index in [1.165, 1.54) is 0 Å². The Hall–Kier alpha value is -2.21. The van der Waals surface area contributed by atoms with Crippen molar-refractivity contribution in [3.8, 4) is 0 Å². The molecule has 25 heavy (non-hydrogen) atoms. The van der Waals surface area contributed by atoms with E-state index in [2.05, 4.69) is 0 Å². The number of ether oxygens (including phenoxy) is 4. The molecule has 5 atom stereocenters. The summed E-state index contributed by atoms with van der Waals surface area (Å²) in [4.78, 5) is 12.4. The monoisotopic (exact) mass is 340 g/mol. The molecule has 2 aliphatic heterocycles. The molecule has 2 heterocycles. The first kappa shape index (κ1) is 16.3. The van der Waals surface area contributed by atoms with Crippen LogP contribution < -0.4 is 0 Å². The summed E-state index contributed by atoms with van der Waals surface area (Å²) in [5.41, 5.74) is 1.53. The van der Waals surface area contributed by atoms with E-state index >= 15 is 0 Å². The van der Waals surface area contributed by atoms with E-state index in [0.29, 0.717) is 12.2 Å². The van der Waals surface area contributed by atoms with Crippen molar-refractivity contribution in [1.29, 1.82) is 0 Å². The van der Waals surface area contributed by atoms with Gasteiger partial charge in [0.25, 0.3) is 0 Å². The minimum absolute atomic E-state index is 0.0369. The fourth-order valence-electron chi connectivity index (χ4n) is 3.07. The number of carbonyl (C=O) groups excluding carboxylic acids is 1. The van der Waals surface area contributed by atoms with Gasteiger partial charge < -0.3 is 18.9 Å². The lowest BCUT2D eigenvalue weighted by atomic mass is 10.1. The van der Waals surface area contributed by atoms with Gasteiger partial charge in [-0.2, -0.15) is 0 Å². The van der Waals surface area contributed by atoms with Crippen molar-refractivity contribution in [1.82, 2.24) is 0 Å². The van der Waals surface area contributed by atoms with Crippen LogP contribution in [0, 0.1) is 0 Å². The van der Waals surface area contributed by atoms with Gasteiger partial charge in [0.15, 0.2) is 12.4 Å². The predicted molar refractivity (Wildman–Crippen MR) is 89.9 cm³/mol. The minimum Gasteiger partial charge on any atom is -0.450 e. The molecule has 0 saturated carbocycles. The largest absolute Gasteiger partial charge is 0.450 e. The van der Waals surface area contributed by atoms with Crippen molar-refractivity contribution in [3.63, 3.8) is 0 Å². The molecule has 5 heteroatoms. The summed E-state index contributed by atoms with van der Waals surface area (Å²) in [6.45, 7) is 2.33. The molecule has 2 aromatic carbocycles. The number of esters is 1. The summed E-state index contributed by atoms with van der Waals surface area (Å²) >= 11 is 0. The molecule has 0 aromatic heterocycles. The highest BCUT2D eigenvalue weighted by atomic mass is 16.7. The van der Waals surface area contributed by atoms with E-state index < -0.39 is 18.4 Å². The van der Waals surface area contributed by atoms with E-state index in [0.717, 1.165) is 5.56 Å². The minimum atomic E-state index is -0.647. The summed E-state index contributed by atoms with van der Waals surface area (Å²) in [6, 6.07) is 18.7. The van der Waals surface area contributed by atoms with E-state index in [1.807, 2.05) is 43.3 Å². The zero-order chi connectivity index (χ0) is 17.2. The second-order valence-corrected chi connectivity index (χ2v) is 6.31. The second kappa shape index (κ2) is 6.96. The van der Waals surface area contributed by atoms with Crippen molar-refractivity contribution >= 4 is 5.97 Å². The van der Waals surface area contributed by atoms with Gasteiger partial charge in [-0.05, 0) is 24.6 Å². The third-order valence-electron chi connectivity index (χ3n) is 4.47. The van der Waals surface area contributed by atoms with Crippen LogP contribution in [0.3, 0.4) is 0 Å². The summed E-state index contributed by atoms with van der Waals surface area (Å²) < 4.78 is 23.1. The standard InChI is InChI=1S/C20H20O5/c1-13-16-17(24-16)18(25-19(21)15-10-6-3-7-11-15)20(23-13)22-12-14-8-4-2-5-9-14/h2-11,13,16-18,20H,12H2,1H3/t13-,16+,17+,18+,20+/m1/s1. The molecule has 2 fully saturated rings. The Kier molecular flexibility index (Phi) is 4.53. The number of epoxide rings is 1. The molecule has 0 amide bonds. The Morgan fingerprint density at radius 1 is 0.960 bits per heavy atom. The van der Waals surface area contributed by atoms with Crippen LogP contribution in [0.1, 0.15) is 22.8 Å². The van der Waals surface area contributed by atoms with Crippen LogP contribution in [0.2, 0.25) is 0 Å². The third kappa shape index (κ3) is 3.58. The summed E-state index contributed by atoms with van der Waals surface area (Å²) in [6.07, 6.45) is -1.51. The van der Waals surface area contributed by atoms with Crippen LogP contribution in [0.5, 0.6) is 0 Å². The normalized spacial score (nSPS) is 30.4. The lowest BCUT2D eigenvalue weighted by Gasteiger charge is -2.31. The van der Waals surface area contributed by atoms with Crippen LogP contribution in [0.25, 0.3) is 0 Å². The molecular weight excluding hydrogens is 320 g/mol. The highest BCUT2D eigenvalue weighted by molar-refractivity contribution is 5.89. The highest BCUT2D eigenvalue weighted by Gasteiger charge is 2.58. The van der Waals surface area contributed by atoms with Crippen molar-refractivity contribution < 1.29 is 23.7 Å². The number of rotatable bonds is 5. The molecule has 0 radical (unpaired) electrons. The first-order chi connectivity index (χ1) is 12.2. The summed E-state index contributed by atoms with van der Waals surface area (Å²) in [5.74, 6) is -0.397. The van der Waals surface area contributed by atoms with Crippen molar-refractivity contribution in [3.05, 3.63) is 71.8 Å². The van der Waals surface area contributed by atoms with Gasteiger partial charge in [-0.15, -0.1) is 0 Å². The van der Waals surface area contributed by atoms with Gasteiger partial charge in [0.1, 0.15) is 12.2 Å². The fraction of sp³-hybridized carbons (Fsp3) is 0.350. The molecule has 2 saturated heterocycles. The van der Waals surface area contributed by atoms with Crippen molar-refractivity contribution in [2.24, 2.45) is 0 Å².